The highest BCUT2D eigenvalue weighted by Crippen LogP contribution is 2.24. The zero-order valence-corrected chi connectivity index (χ0v) is 13.0. The molecule has 1 aliphatic carbocycles. The Bertz CT molecular complexity index is 507. The van der Waals surface area contributed by atoms with Gasteiger partial charge in [0.1, 0.15) is 11.6 Å². The van der Waals surface area contributed by atoms with Gasteiger partial charge in [0.2, 0.25) is 0 Å². The quantitative estimate of drug-likeness (QED) is 0.634. The van der Waals surface area contributed by atoms with Crippen molar-refractivity contribution in [2.45, 2.75) is 49.9 Å². The Labute approximate surface area is 126 Å². The van der Waals surface area contributed by atoms with E-state index >= 15 is 0 Å². The third-order valence-electron chi connectivity index (χ3n) is 3.74. The van der Waals surface area contributed by atoms with Gasteiger partial charge < -0.3 is 5.32 Å². The number of hydrogen-bond acceptors (Lipinski definition) is 1. The van der Waals surface area contributed by atoms with Gasteiger partial charge in [-0.25, -0.2) is 8.78 Å². The van der Waals surface area contributed by atoms with Crippen LogP contribution in [0.15, 0.2) is 12.1 Å². The first kappa shape index (κ1) is 15.4. The normalized spacial score (nSPS) is 23.2. The van der Waals surface area contributed by atoms with Crippen LogP contribution in [0.2, 0.25) is 0 Å². The van der Waals surface area contributed by atoms with Crippen LogP contribution in [0.1, 0.15) is 48.0 Å². The summed E-state index contributed by atoms with van der Waals surface area (Å²) in [6.07, 6.45) is 5.21. The topological polar surface area (TPSA) is 29.1 Å². The number of benzene rings is 1. The smallest absolute Gasteiger partial charge is 0.254 e. The lowest BCUT2D eigenvalue weighted by Crippen LogP contribution is -2.40. The average Bonchev–Trinajstić information content (AvgIpc) is 2.59. The number of halogens is 3. The molecule has 1 N–H and O–H groups in total. The molecule has 20 heavy (non-hydrogen) atoms. The number of nitrogens with one attached hydrogen (secondary N) is 1. The van der Waals surface area contributed by atoms with Crippen LogP contribution < -0.4 is 5.32 Å². The standard InChI is InChI=1S/C15H18BrF2NO/c1-9-7-10(13(18)8-12(9)17)15(20)19-14-6-4-2-3-5-11(14)16/h7-8,11,14H,2-6H2,1H3,(H,19,20). The average molecular weight is 346 g/mol. The second-order valence-electron chi connectivity index (χ2n) is 5.32. The van der Waals surface area contributed by atoms with Gasteiger partial charge in [-0.2, -0.15) is 0 Å². The van der Waals surface area contributed by atoms with E-state index in [2.05, 4.69) is 21.2 Å². The minimum absolute atomic E-state index is 0.00485. The fraction of sp³-hybridized carbons (Fsp3) is 0.533. The summed E-state index contributed by atoms with van der Waals surface area (Å²) in [6, 6.07) is 2.03. The SMILES string of the molecule is Cc1cc(C(=O)NC2CCCCCC2Br)c(F)cc1F. The molecule has 2 atom stereocenters. The van der Waals surface area contributed by atoms with Crippen molar-refractivity contribution in [3.05, 3.63) is 34.9 Å². The zero-order valence-electron chi connectivity index (χ0n) is 11.4. The molecule has 2 nitrogen and oxygen atoms in total. The first-order valence-corrected chi connectivity index (χ1v) is 7.81. The van der Waals surface area contributed by atoms with E-state index in [1.807, 2.05) is 0 Å². The molecule has 0 aliphatic heterocycles. The maximum Gasteiger partial charge on any atom is 0.254 e. The molecule has 0 radical (unpaired) electrons. The highest BCUT2D eigenvalue weighted by molar-refractivity contribution is 9.09. The number of carbonyl (C=O) groups is 1. The van der Waals surface area contributed by atoms with E-state index in [1.165, 1.54) is 13.0 Å². The Balaban J connectivity index is 2.13. The number of hydrogen-bond donors (Lipinski definition) is 1. The molecule has 1 aliphatic rings. The molecular weight excluding hydrogens is 328 g/mol. The van der Waals surface area contributed by atoms with Gasteiger partial charge in [0.05, 0.1) is 5.56 Å². The fourth-order valence-corrected chi connectivity index (χ4v) is 3.22. The van der Waals surface area contributed by atoms with Crippen molar-refractivity contribution in [1.29, 1.82) is 0 Å². The minimum Gasteiger partial charge on any atom is -0.348 e. The van der Waals surface area contributed by atoms with Crippen molar-refractivity contribution in [3.8, 4) is 0 Å². The third-order valence-corrected chi connectivity index (χ3v) is 4.84. The first-order chi connectivity index (χ1) is 9.49. The van der Waals surface area contributed by atoms with Crippen molar-refractivity contribution in [3.63, 3.8) is 0 Å². The van der Waals surface area contributed by atoms with Crippen LogP contribution in [0.4, 0.5) is 8.78 Å². The number of alkyl halides is 1. The molecule has 1 fully saturated rings. The van der Waals surface area contributed by atoms with Crippen molar-refractivity contribution >= 4 is 21.8 Å². The summed E-state index contributed by atoms with van der Waals surface area (Å²) in [5, 5.41) is 2.86. The summed E-state index contributed by atoms with van der Waals surface area (Å²) >= 11 is 3.58. The van der Waals surface area contributed by atoms with Gasteiger partial charge in [0.15, 0.2) is 0 Å². The maximum atomic E-state index is 13.7. The Kier molecular flexibility index (Phi) is 5.13. The van der Waals surface area contributed by atoms with E-state index in [0.29, 0.717) is 0 Å². The van der Waals surface area contributed by atoms with Crippen LogP contribution in [-0.4, -0.2) is 16.8 Å². The predicted octanol–water partition coefficient (Wildman–Crippen LogP) is 4.10. The van der Waals surface area contributed by atoms with Crippen LogP contribution in [0, 0.1) is 18.6 Å². The molecule has 110 valence electrons. The Morgan fingerprint density at radius 1 is 1.20 bits per heavy atom. The van der Waals surface area contributed by atoms with Crippen molar-refractivity contribution in [2.75, 3.05) is 0 Å². The molecule has 0 heterocycles. The molecule has 0 aromatic heterocycles. The number of aryl methyl sites for hydroxylation is 1. The van der Waals surface area contributed by atoms with E-state index in [-0.39, 0.29) is 22.0 Å². The van der Waals surface area contributed by atoms with Crippen LogP contribution >= 0.6 is 15.9 Å². The Morgan fingerprint density at radius 2 is 1.90 bits per heavy atom. The molecule has 1 aromatic rings. The Morgan fingerprint density at radius 3 is 2.65 bits per heavy atom. The second kappa shape index (κ2) is 6.66. The molecule has 0 spiro atoms. The summed E-state index contributed by atoms with van der Waals surface area (Å²) in [6.45, 7) is 1.52. The molecule has 2 unspecified atom stereocenters. The molecule has 5 heteroatoms. The summed E-state index contributed by atoms with van der Waals surface area (Å²) < 4.78 is 26.9. The Hall–Kier alpha value is -0.970. The molecule has 1 amide bonds. The number of rotatable bonds is 2. The first-order valence-electron chi connectivity index (χ1n) is 6.89. The highest BCUT2D eigenvalue weighted by Gasteiger charge is 2.24. The summed E-state index contributed by atoms with van der Waals surface area (Å²) in [5.41, 5.74) is 0.181. The van der Waals surface area contributed by atoms with Crippen LogP contribution in [0.5, 0.6) is 0 Å². The molecule has 0 saturated heterocycles. The zero-order chi connectivity index (χ0) is 14.7. The molecular formula is C15H18BrF2NO. The molecule has 1 aromatic carbocycles. The lowest BCUT2D eigenvalue weighted by atomic mass is 10.1. The predicted molar refractivity (Wildman–Crippen MR) is 78.1 cm³/mol. The fourth-order valence-electron chi connectivity index (χ4n) is 2.50. The summed E-state index contributed by atoms with van der Waals surface area (Å²) in [4.78, 5) is 12.4. The van der Waals surface area contributed by atoms with Gasteiger partial charge >= 0.3 is 0 Å². The third kappa shape index (κ3) is 3.57. The van der Waals surface area contributed by atoms with Crippen molar-refractivity contribution in [2.24, 2.45) is 0 Å². The van der Waals surface area contributed by atoms with Gasteiger partial charge in [-0.15, -0.1) is 0 Å². The van der Waals surface area contributed by atoms with Gasteiger partial charge in [0.25, 0.3) is 5.91 Å². The van der Waals surface area contributed by atoms with Crippen LogP contribution in [-0.2, 0) is 0 Å². The molecule has 1 saturated carbocycles. The van der Waals surface area contributed by atoms with E-state index in [1.54, 1.807) is 0 Å². The van der Waals surface area contributed by atoms with Crippen LogP contribution in [0.3, 0.4) is 0 Å². The van der Waals surface area contributed by atoms with E-state index in [0.717, 1.165) is 38.2 Å². The molecule has 0 bridgehead atoms. The largest absolute Gasteiger partial charge is 0.348 e. The van der Waals surface area contributed by atoms with Gasteiger partial charge in [-0.1, -0.05) is 35.2 Å². The van der Waals surface area contributed by atoms with Gasteiger partial charge in [-0.3, -0.25) is 4.79 Å². The van der Waals surface area contributed by atoms with Crippen LogP contribution in [0.25, 0.3) is 0 Å². The van der Waals surface area contributed by atoms with Gasteiger partial charge in [-0.05, 0) is 31.4 Å². The number of carbonyl (C=O) groups excluding carboxylic acids is 1. The van der Waals surface area contributed by atoms with Crippen molar-refractivity contribution < 1.29 is 13.6 Å². The van der Waals surface area contributed by atoms with Gasteiger partial charge in [0, 0.05) is 16.9 Å². The highest BCUT2D eigenvalue weighted by atomic mass is 79.9. The van der Waals surface area contributed by atoms with Crippen molar-refractivity contribution in [1.82, 2.24) is 5.32 Å². The van der Waals surface area contributed by atoms with E-state index in [4.69, 9.17) is 0 Å². The van der Waals surface area contributed by atoms with E-state index in [9.17, 15) is 13.6 Å². The monoisotopic (exact) mass is 345 g/mol. The maximum absolute atomic E-state index is 13.7. The minimum atomic E-state index is -0.814. The summed E-state index contributed by atoms with van der Waals surface area (Å²) in [5.74, 6) is -1.92. The number of amides is 1. The molecule has 2 rings (SSSR count). The second-order valence-corrected chi connectivity index (χ2v) is 6.49. The van der Waals surface area contributed by atoms with E-state index < -0.39 is 17.5 Å². The summed E-state index contributed by atoms with van der Waals surface area (Å²) in [7, 11) is 0. The lowest BCUT2D eigenvalue weighted by Gasteiger charge is -2.21. The lowest BCUT2D eigenvalue weighted by molar-refractivity contribution is 0.0930.